The van der Waals surface area contributed by atoms with E-state index >= 15 is 0 Å². The van der Waals surface area contributed by atoms with Crippen LogP contribution in [0.3, 0.4) is 0 Å². The highest BCUT2D eigenvalue weighted by atomic mass is 16.5. The summed E-state index contributed by atoms with van der Waals surface area (Å²) in [4.78, 5) is 12.4. The minimum absolute atomic E-state index is 0.226. The molecule has 0 fully saturated rings. The Hall–Kier alpha value is -2.88. The van der Waals surface area contributed by atoms with Gasteiger partial charge in [0.1, 0.15) is 6.07 Å². The van der Waals surface area contributed by atoms with E-state index in [1.54, 1.807) is 25.2 Å². The van der Waals surface area contributed by atoms with Crippen molar-refractivity contribution < 1.29 is 4.74 Å². The van der Waals surface area contributed by atoms with Crippen molar-refractivity contribution in [2.24, 2.45) is 0 Å². The standard InChI is InChI=1S/C13H14N6O/c1-3-20-13-18-11(15-2)17-12(19-13)16-10-7-5-4-6-9(10)8-14/h4-7H,3H2,1-2H3,(H2,15,16,17,18,19). The van der Waals surface area contributed by atoms with Crippen LogP contribution in [0.1, 0.15) is 12.5 Å². The first-order valence-electron chi connectivity index (χ1n) is 6.09. The summed E-state index contributed by atoms with van der Waals surface area (Å²) < 4.78 is 5.28. The molecule has 1 aromatic carbocycles. The van der Waals surface area contributed by atoms with Crippen molar-refractivity contribution in [1.29, 1.82) is 5.26 Å². The molecule has 0 aliphatic rings. The second-order valence-corrected chi connectivity index (χ2v) is 3.73. The molecular formula is C13H14N6O. The normalized spacial score (nSPS) is 9.65. The summed E-state index contributed by atoms with van der Waals surface area (Å²) in [6.07, 6.45) is 0. The summed E-state index contributed by atoms with van der Waals surface area (Å²) >= 11 is 0. The van der Waals surface area contributed by atoms with Crippen LogP contribution in [-0.4, -0.2) is 28.6 Å². The highest BCUT2D eigenvalue weighted by Crippen LogP contribution is 2.19. The molecule has 0 saturated carbocycles. The molecule has 0 amide bonds. The third kappa shape index (κ3) is 3.11. The molecule has 1 heterocycles. The molecule has 0 aliphatic carbocycles. The largest absolute Gasteiger partial charge is 0.464 e. The third-order valence-corrected chi connectivity index (χ3v) is 2.41. The molecule has 0 saturated heterocycles. The lowest BCUT2D eigenvalue weighted by Gasteiger charge is -2.09. The number of aromatic nitrogens is 3. The fourth-order valence-electron chi connectivity index (χ4n) is 1.53. The second kappa shape index (κ2) is 6.33. The molecule has 2 rings (SSSR count). The van der Waals surface area contributed by atoms with E-state index in [1.807, 2.05) is 13.0 Å². The molecule has 0 unspecified atom stereocenters. The van der Waals surface area contributed by atoms with Gasteiger partial charge in [0.2, 0.25) is 11.9 Å². The van der Waals surface area contributed by atoms with Crippen molar-refractivity contribution >= 4 is 17.6 Å². The van der Waals surface area contributed by atoms with Gasteiger partial charge in [-0.3, -0.25) is 0 Å². The molecule has 2 aromatic rings. The van der Waals surface area contributed by atoms with Crippen molar-refractivity contribution in [1.82, 2.24) is 15.0 Å². The Morgan fingerprint density at radius 2 is 1.95 bits per heavy atom. The predicted octanol–water partition coefficient (Wildman–Crippen LogP) is 1.93. The van der Waals surface area contributed by atoms with Gasteiger partial charge in [-0.2, -0.15) is 20.2 Å². The number of nitrogens with one attached hydrogen (secondary N) is 2. The van der Waals surface area contributed by atoms with Crippen LogP contribution in [-0.2, 0) is 0 Å². The topological polar surface area (TPSA) is 95.8 Å². The second-order valence-electron chi connectivity index (χ2n) is 3.73. The fourth-order valence-corrected chi connectivity index (χ4v) is 1.53. The zero-order valence-corrected chi connectivity index (χ0v) is 11.2. The zero-order chi connectivity index (χ0) is 14.4. The predicted molar refractivity (Wildman–Crippen MR) is 75.0 cm³/mol. The van der Waals surface area contributed by atoms with E-state index in [-0.39, 0.29) is 6.01 Å². The summed E-state index contributed by atoms with van der Waals surface area (Å²) in [5.41, 5.74) is 1.14. The molecule has 0 aliphatic heterocycles. The van der Waals surface area contributed by atoms with Gasteiger partial charge in [-0.1, -0.05) is 12.1 Å². The summed E-state index contributed by atoms with van der Waals surface area (Å²) in [6.45, 7) is 2.31. The van der Waals surface area contributed by atoms with Crippen LogP contribution in [0.25, 0.3) is 0 Å². The lowest BCUT2D eigenvalue weighted by atomic mass is 10.2. The maximum absolute atomic E-state index is 9.06. The molecule has 2 N–H and O–H groups in total. The average molecular weight is 270 g/mol. The van der Waals surface area contributed by atoms with Crippen molar-refractivity contribution in [2.45, 2.75) is 6.92 Å². The Labute approximate surface area is 116 Å². The minimum Gasteiger partial charge on any atom is -0.464 e. The number of anilines is 3. The molecule has 20 heavy (non-hydrogen) atoms. The minimum atomic E-state index is 0.226. The van der Waals surface area contributed by atoms with Crippen LogP contribution in [0.4, 0.5) is 17.6 Å². The van der Waals surface area contributed by atoms with Crippen molar-refractivity contribution in [2.75, 3.05) is 24.3 Å². The van der Waals surface area contributed by atoms with Crippen LogP contribution >= 0.6 is 0 Å². The number of para-hydroxylation sites is 1. The molecule has 0 radical (unpaired) electrons. The first kappa shape index (κ1) is 13.5. The summed E-state index contributed by atoms with van der Waals surface area (Å²) in [7, 11) is 1.71. The molecule has 7 heteroatoms. The maximum Gasteiger partial charge on any atom is 0.323 e. The van der Waals surface area contributed by atoms with Gasteiger partial charge < -0.3 is 15.4 Å². The van der Waals surface area contributed by atoms with Crippen LogP contribution in [0, 0.1) is 11.3 Å². The highest BCUT2D eigenvalue weighted by molar-refractivity contribution is 5.63. The number of hydrogen-bond donors (Lipinski definition) is 2. The number of benzene rings is 1. The molecule has 0 spiro atoms. The van der Waals surface area contributed by atoms with Gasteiger partial charge in [0.05, 0.1) is 17.9 Å². The Morgan fingerprint density at radius 1 is 1.20 bits per heavy atom. The number of hydrogen-bond acceptors (Lipinski definition) is 7. The van der Waals surface area contributed by atoms with Crippen molar-refractivity contribution in [3.05, 3.63) is 29.8 Å². The molecule has 0 bridgehead atoms. The van der Waals surface area contributed by atoms with E-state index in [2.05, 4.69) is 31.7 Å². The van der Waals surface area contributed by atoms with E-state index < -0.39 is 0 Å². The van der Waals surface area contributed by atoms with Crippen LogP contribution in [0.2, 0.25) is 0 Å². The Balaban J connectivity index is 2.33. The first-order valence-corrected chi connectivity index (χ1v) is 6.09. The lowest BCUT2D eigenvalue weighted by molar-refractivity contribution is 0.312. The smallest absolute Gasteiger partial charge is 0.323 e. The van der Waals surface area contributed by atoms with E-state index in [0.717, 1.165) is 0 Å². The Kier molecular flexibility index (Phi) is 4.29. The van der Waals surface area contributed by atoms with Gasteiger partial charge in [0, 0.05) is 7.05 Å². The monoisotopic (exact) mass is 270 g/mol. The molecule has 0 atom stereocenters. The van der Waals surface area contributed by atoms with Crippen LogP contribution in [0.5, 0.6) is 6.01 Å². The van der Waals surface area contributed by atoms with E-state index in [9.17, 15) is 0 Å². The highest BCUT2D eigenvalue weighted by Gasteiger charge is 2.08. The van der Waals surface area contributed by atoms with E-state index in [1.165, 1.54) is 0 Å². The third-order valence-electron chi connectivity index (χ3n) is 2.41. The SMILES string of the molecule is CCOc1nc(NC)nc(Nc2ccccc2C#N)n1. The van der Waals surface area contributed by atoms with E-state index in [0.29, 0.717) is 29.8 Å². The maximum atomic E-state index is 9.06. The van der Waals surface area contributed by atoms with Crippen molar-refractivity contribution in [3.63, 3.8) is 0 Å². The van der Waals surface area contributed by atoms with Crippen molar-refractivity contribution in [3.8, 4) is 12.1 Å². The van der Waals surface area contributed by atoms with Gasteiger partial charge in [0.15, 0.2) is 0 Å². The molecule has 102 valence electrons. The lowest BCUT2D eigenvalue weighted by Crippen LogP contribution is -2.07. The first-order chi connectivity index (χ1) is 9.76. The number of nitrogens with zero attached hydrogens (tertiary/aromatic N) is 4. The average Bonchev–Trinajstić information content (AvgIpc) is 2.48. The molecule has 1 aromatic heterocycles. The summed E-state index contributed by atoms with van der Waals surface area (Å²) in [5.74, 6) is 0.705. The van der Waals surface area contributed by atoms with Crippen LogP contribution in [0.15, 0.2) is 24.3 Å². The fraction of sp³-hybridized carbons (Fsp3) is 0.231. The van der Waals surface area contributed by atoms with Gasteiger partial charge >= 0.3 is 6.01 Å². The Bertz CT molecular complexity index is 637. The molecule has 7 nitrogen and oxygen atoms in total. The van der Waals surface area contributed by atoms with Gasteiger partial charge in [0.25, 0.3) is 0 Å². The Morgan fingerprint density at radius 3 is 2.65 bits per heavy atom. The van der Waals surface area contributed by atoms with Gasteiger partial charge in [-0.05, 0) is 19.1 Å². The summed E-state index contributed by atoms with van der Waals surface area (Å²) in [6, 6.07) is 9.44. The summed E-state index contributed by atoms with van der Waals surface area (Å²) in [5, 5.41) is 14.9. The number of ether oxygens (including phenoxy) is 1. The van der Waals surface area contributed by atoms with E-state index in [4.69, 9.17) is 10.00 Å². The quantitative estimate of drug-likeness (QED) is 0.856. The van der Waals surface area contributed by atoms with Gasteiger partial charge in [-0.25, -0.2) is 0 Å². The zero-order valence-electron chi connectivity index (χ0n) is 11.2. The van der Waals surface area contributed by atoms with Gasteiger partial charge in [-0.15, -0.1) is 0 Å². The number of rotatable bonds is 5. The number of nitriles is 1. The molecular weight excluding hydrogens is 256 g/mol. The van der Waals surface area contributed by atoms with Crippen LogP contribution < -0.4 is 15.4 Å².